The van der Waals surface area contributed by atoms with Crippen LogP contribution in [-0.4, -0.2) is 75.8 Å². The van der Waals surface area contributed by atoms with Gasteiger partial charge in [-0.15, -0.1) is 0 Å². The van der Waals surface area contributed by atoms with Crippen molar-refractivity contribution in [1.82, 2.24) is 20.4 Å². The van der Waals surface area contributed by atoms with Gasteiger partial charge < -0.3 is 15.5 Å². The molecular weight excluding hydrogens is 224 g/mol. The topological polar surface area (TPSA) is 30.5 Å². The third kappa shape index (κ3) is 4.50. The summed E-state index contributed by atoms with van der Waals surface area (Å²) in [5.41, 5.74) is 0. The van der Waals surface area contributed by atoms with Gasteiger partial charge in [0.2, 0.25) is 0 Å². The Hall–Kier alpha value is -0.160. The molecule has 0 aromatic heterocycles. The minimum Gasteiger partial charge on any atom is -0.315 e. The number of rotatable bonds is 5. The minimum atomic E-state index is 0.674. The molecule has 0 bridgehead atoms. The second-order valence-electron chi connectivity index (χ2n) is 6.10. The number of likely N-dealkylation sites (N-methyl/N-ethyl adjacent to an activating group) is 1. The Bertz CT molecular complexity index is 234. The molecule has 0 aromatic carbocycles. The maximum atomic E-state index is 3.65. The molecule has 2 rings (SSSR count). The van der Waals surface area contributed by atoms with Crippen LogP contribution in [0.4, 0.5) is 0 Å². The zero-order valence-electron chi connectivity index (χ0n) is 12.1. The van der Waals surface area contributed by atoms with E-state index in [1.54, 1.807) is 0 Å². The molecule has 2 saturated heterocycles. The van der Waals surface area contributed by atoms with Gasteiger partial charge in [0.15, 0.2) is 0 Å². The number of piperazine rings is 1. The van der Waals surface area contributed by atoms with Gasteiger partial charge >= 0.3 is 0 Å². The van der Waals surface area contributed by atoms with E-state index in [0.717, 1.165) is 25.6 Å². The molecule has 2 unspecified atom stereocenters. The van der Waals surface area contributed by atoms with Gasteiger partial charge in [0, 0.05) is 38.8 Å². The van der Waals surface area contributed by atoms with Crippen molar-refractivity contribution in [2.75, 3.05) is 59.9 Å². The number of likely N-dealkylation sites (tertiary alicyclic amines) is 1. The van der Waals surface area contributed by atoms with Crippen LogP contribution in [0.3, 0.4) is 0 Å². The van der Waals surface area contributed by atoms with Crippen molar-refractivity contribution in [2.45, 2.75) is 25.3 Å². The fourth-order valence-corrected chi connectivity index (χ4v) is 3.17. The third-order valence-corrected chi connectivity index (χ3v) is 4.48. The first-order valence-electron chi connectivity index (χ1n) is 7.56. The van der Waals surface area contributed by atoms with Gasteiger partial charge in [0.1, 0.15) is 0 Å². The molecule has 2 heterocycles. The predicted octanol–water partition coefficient (Wildman–Crippen LogP) is 0.212. The SMILES string of the molecule is CN1CCCC(CCNCC2CNCCN2C)C1. The molecule has 4 nitrogen and oxygen atoms in total. The smallest absolute Gasteiger partial charge is 0.0342 e. The molecule has 0 radical (unpaired) electrons. The lowest BCUT2D eigenvalue weighted by Gasteiger charge is -2.33. The van der Waals surface area contributed by atoms with Crippen molar-refractivity contribution >= 4 is 0 Å². The van der Waals surface area contributed by atoms with Crippen LogP contribution in [0.5, 0.6) is 0 Å². The van der Waals surface area contributed by atoms with Gasteiger partial charge in [-0.1, -0.05) is 0 Å². The van der Waals surface area contributed by atoms with Gasteiger partial charge in [0.25, 0.3) is 0 Å². The highest BCUT2D eigenvalue weighted by molar-refractivity contribution is 4.79. The Morgan fingerprint density at radius 1 is 1.28 bits per heavy atom. The Morgan fingerprint density at radius 2 is 2.17 bits per heavy atom. The summed E-state index contributed by atoms with van der Waals surface area (Å²) < 4.78 is 0. The fourth-order valence-electron chi connectivity index (χ4n) is 3.17. The first-order valence-corrected chi connectivity index (χ1v) is 7.56. The van der Waals surface area contributed by atoms with E-state index in [0.29, 0.717) is 6.04 Å². The molecule has 0 amide bonds. The molecule has 2 aliphatic rings. The summed E-state index contributed by atoms with van der Waals surface area (Å²) in [6, 6.07) is 0.674. The minimum absolute atomic E-state index is 0.674. The molecule has 4 heteroatoms. The Balaban J connectivity index is 1.55. The number of hydrogen-bond donors (Lipinski definition) is 2. The predicted molar refractivity (Wildman–Crippen MR) is 77.0 cm³/mol. The van der Waals surface area contributed by atoms with Crippen molar-refractivity contribution in [1.29, 1.82) is 0 Å². The summed E-state index contributed by atoms with van der Waals surface area (Å²) in [5, 5.41) is 7.12. The van der Waals surface area contributed by atoms with E-state index in [-0.39, 0.29) is 0 Å². The van der Waals surface area contributed by atoms with E-state index in [9.17, 15) is 0 Å². The Kier molecular flexibility index (Phi) is 5.89. The van der Waals surface area contributed by atoms with Gasteiger partial charge in [0.05, 0.1) is 0 Å². The number of hydrogen-bond acceptors (Lipinski definition) is 4. The van der Waals surface area contributed by atoms with Crippen LogP contribution in [0.25, 0.3) is 0 Å². The number of nitrogens with one attached hydrogen (secondary N) is 2. The van der Waals surface area contributed by atoms with Crippen LogP contribution >= 0.6 is 0 Å². The first kappa shape index (κ1) is 14.3. The van der Waals surface area contributed by atoms with Crippen LogP contribution in [0, 0.1) is 5.92 Å². The lowest BCUT2D eigenvalue weighted by Crippen LogP contribution is -2.53. The summed E-state index contributed by atoms with van der Waals surface area (Å²) in [6.07, 6.45) is 4.15. The highest BCUT2D eigenvalue weighted by Gasteiger charge is 2.19. The van der Waals surface area contributed by atoms with Gasteiger partial charge in [-0.3, -0.25) is 4.90 Å². The summed E-state index contributed by atoms with van der Waals surface area (Å²) in [7, 11) is 4.49. The molecule has 0 spiro atoms. The molecule has 0 aliphatic carbocycles. The summed E-state index contributed by atoms with van der Waals surface area (Å²) in [5.74, 6) is 0.915. The molecule has 2 aliphatic heterocycles. The highest BCUT2D eigenvalue weighted by Crippen LogP contribution is 2.17. The zero-order valence-corrected chi connectivity index (χ0v) is 12.1. The zero-order chi connectivity index (χ0) is 12.8. The van der Waals surface area contributed by atoms with Crippen molar-refractivity contribution < 1.29 is 0 Å². The van der Waals surface area contributed by atoms with Gasteiger partial charge in [-0.25, -0.2) is 0 Å². The van der Waals surface area contributed by atoms with Crippen molar-refractivity contribution in [2.24, 2.45) is 5.92 Å². The fraction of sp³-hybridized carbons (Fsp3) is 1.00. The lowest BCUT2D eigenvalue weighted by molar-refractivity contribution is 0.186. The van der Waals surface area contributed by atoms with E-state index >= 15 is 0 Å². The van der Waals surface area contributed by atoms with Gasteiger partial charge in [-0.05, 0) is 52.4 Å². The largest absolute Gasteiger partial charge is 0.315 e. The number of piperidine rings is 1. The third-order valence-electron chi connectivity index (χ3n) is 4.48. The Morgan fingerprint density at radius 3 is 2.94 bits per heavy atom. The average molecular weight is 254 g/mol. The number of nitrogens with zero attached hydrogens (tertiary/aromatic N) is 2. The normalized spacial score (nSPS) is 31.7. The van der Waals surface area contributed by atoms with E-state index in [2.05, 4.69) is 34.5 Å². The van der Waals surface area contributed by atoms with Crippen molar-refractivity contribution in [3.05, 3.63) is 0 Å². The quantitative estimate of drug-likeness (QED) is 0.687. The summed E-state index contributed by atoms with van der Waals surface area (Å²) in [4.78, 5) is 4.95. The van der Waals surface area contributed by atoms with Gasteiger partial charge in [-0.2, -0.15) is 0 Å². The van der Waals surface area contributed by atoms with Crippen LogP contribution in [-0.2, 0) is 0 Å². The van der Waals surface area contributed by atoms with Crippen molar-refractivity contribution in [3.63, 3.8) is 0 Å². The van der Waals surface area contributed by atoms with E-state index in [1.165, 1.54) is 45.4 Å². The average Bonchev–Trinajstić information content (AvgIpc) is 2.37. The second kappa shape index (κ2) is 7.43. The molecule has 2 N–H and O–H groups in total. The standard InChI is InChI=1S/C14H30N4/c1-17-8-3-4-13(12-17)5-6-15-10-14-11-16-7-9-18(14)2/h13-16H,3-12H2,1-2H3. The van der Waals surface area contributed by atoms with E-state index in [4.69, 9.17) is 0 Å². The molecule has 106 valence electrons. The molecule has 2 fully saturated rings. The highest BCUT2D eigenvalue weighted by atomic mass is 15.2. The summed E-state index contributed by atoms with van der Waals surface area (Å²) in [6.45, 7) is 8.36. The van der Waals surface area contributed by atoms with Crippen LogP contribution < -0.4 is 10.6 Å². The van der Waals surface area contributed by atoms with E-state index < -0.39 is 0 Å². The van der Waals surface area contributed by atoms with Crippen LogP contribution in [0.1, 0.15) is 19.3 Å². The lowest BCUT2D eigenvalue weighted by atomic mass is 9.95. The van der Waals surface area contributed by atoms with Crippen LogP contribution in [0.15, 0.2) is 0 Å². The molecule has 2 atom stereocenters. The maximum Gasteiger partial charge on any atom is 0.0342 e. The van der Waals surface area contributed by atoms with Crippen molar-refractivity contribution in [3.8, 4) is 0 Å². The Labute approximate surface area is 112 Å². The summed E-state index contributed by atoms with van der Waals surface area (Å²) >= 11 is 0. The first-order chi connectivity index (χ1) is 8.75. The van der Waals surface area contributed by atoms with E-state index in [1.807, 2.05) is 0 Å². The van der Waals surface area contributed by atoms with Crippen LogP contribution in [0.2, 0.25) is 0 Å². The molecule has 0 aromatic rings. The second-order valence-corrected chi connectivity index (χ2v) is 6.10. The maximum absolute atomic E-state index is 3.65. The molecular formula is C14H30N4. The molecule has 0 saturated carbocycles. The monoisotopic (exact) mass is 254 g/mol. The molecule has 18 heavy (non-hydrogen) atoms.